The number of fused-ring (bicyclic) bond motifs is 2. The summed E-state index contributed by atoms with van der Waals surface area (Å²) in [6, 6.07) is 16.8. The van der Waals surface area contributed by atoms with Gasteiger partial charge in [0.2, 0.25) is 0 Å². The van der Waals surface area contributed by atoms with Gasteiger partial charge in [-0.2, -0.15) is 5.10 Å². The first-order valence-electron chi connectivity index (χ1n) is 13.5. The van der Waals surface area contributed by atoms with E-state index in [2.05, 4.69) is 28.2 Å². The lowest BCUT2D eigenvalue weighted by Gasteiger charge is -2.28. The highest BCUT2D eigenvalue weighted by Gasteiger charge is 2.37. The molecule has 0 spiro atoms. The number of hydrogen-bond acceptors (Lipinski definition) is 5. The molecule has 2 aromatic heterocycles. The average Bonchev–Trinajstić information content (AvgIpc) is 3.69. The van der Waals surface area contributed by atoms with Crippen molar-refractivity contribution in [1.82, 2.24) is 29.5 Å². The molecule has 40 heavy (non-hydrogen) atoms. The normalized spacial score (nSPS) is 17.1. The van der Waals surface area contributed by atoms with Gasteiger partial charge in [0, 0.05) is 29.4 Å². The zero-order chi connectivity index (χ0) is 27.4. The zero-order valence-electron chi connectivity index (χ0n) is 22.1. The molecular formula is C31H29FN6O2. The van der Waals surface area contributed by atoms with Crippen LogP contribution >= 0.6 is 0 Å². The summed E-state index contributed by atoms with van der Waals surface area (Å²) in [5.74, 6) is -0.337. The van der Waals surface area contributed by atoms with Gasteiger partial charge in [-0.05, 0) is 80.5 Å². The van der Waals surface area contributed by atoms with Crippen molar-refractivity contribution in [1.29, 1.82) is 0 Å². The molecular weight excluding hydrogens is 507 g/mol. The van der Waals surface area contributed by atoms with Crippen LogP contribution in [0.4, 0.5) is 4.39 Å². The first-order valence-corrected chi connectivity index (χ1v) is 13.5. The highest BCUT2D eigenvalue weighted by atomic mass is 19.1. The number of phenolic OH excluding ortho intramolecular Hbond substituents is 1. The summed E-state index contributed by atoms with van der Waals surface area (Å²) in [5, 5.41) is 15.4. The van der Waals surface area contributed by atoms with Crippen LogP contribution in [0.1, 0.15) is 52.2 Å². The molecule has 8 nitrogen and oxygen atoms in total. The van der Waals surface area contributed by atoms with Gasteiger partial charge in [0.05, 0.1) is 23.3 Å². The van der Waals surface area contributed by atoms with Crippen LogP contribution in [-0.4, -0.2) is 60.7 Å². The standard InChI is InChI=1S/C31H29FN6O2/c1-36-12-10-23(11-13-36)38-18-21(16-33-38)19-6-7-20-17-37(31(40)24(20)14-19)29(25-15-22(32)8-9-28(25)39)30-34-26-4-2-3-5-27(26)35-30/h2-9,14-16,18,23,29,39H,10-13,17H2,1H3,(H,34,35). The Balaban J connectivity index is 1.24. The van der Waals surface area contributed by atoms with Crippen molar-refractivity contribution in [3.8, 4) is 16.9 Å². The summed E-state index contributed by atoms with van der Waals surface area (Å²) in [5.41, 5.74) is 5.14. The summed E-state index contributed by atoms with van der Waals surface area (Å²) in [6.45, 7) is 2.41. The summed E-state index contributed by atoms with van der Waals surface area (Å²) in [6.07, 6.45) is 6.05. The number of nitrogens with zero attached hydrogens (tertiary/aromatic N) is 5. The molecule has 1 atom stereocenters. The molecule has 3 aromatic carbocycles. The van der Waals surface area contributed by atoms with Crippen LogP contribution in [0.25, 0.3) is 22.2 Å². The van der Waals surface area contributed by atoms with E-state index in [1.165, 1.54) is 18.2 Å². The number of likely N-dealkylation sites (tertiary alicyclic amines) is 1. The number of rotatable bonds is 5. The highest BCUT2D eigenvalue weighted by Crippen LogP contribution is 2.40. The molecule has 2 N–H and O–H groups in total. The summed E-state index contributed by atoms with van der Waals surface area (Å²) < 4.78 is 16.5. The SMILES string of the molecule is CN1CCC(n2cc(-c3ccc4c(c3)C(=O)N(C(c3nc5ccccc5[nH]3)c3cc(F)ccc3O)C4)cn2)CC1. The number of para-hydroxylation sites is 2. The fraction of sp³-hybridized carbons (Fsp3) is 0.258. The molecule has 1 fully saturated rings. The van der Waals surface area contributed by atoms with E-state index in [1.807, 2.05) is 53.3 Å². The molecule has 1 saturated heterocycles. The number of phenols is 1. The number of imidazole rings is 1. The predicted molar refractivity (Wildman–Crippen MR) is 149 cm³/mol. The third-order valence-corrected chi connectivity index (χ3v) is 8.20. The lowest BCUT2D eigenvalue weighted by molar-refractivity contribution is 0.0723. The summed E-state index contributed by atoms with van der Waals surface area (Å²) in [7, 11) is 2.14. The minimum Gasteiger partial charge on any atom is -0.508 e. The van der Waals surface area contributed by atoms with E-state index in [-0.39, 0.29) is 17.2 Å². The third-order valence-electron chi connectivity index (χ3n) is 8.20. The van der Waals surface area contributed by atoms with E-state index in [0.717, 1.165) is 53.7 Å². The second kappa shape index (κ2) is 9.60. The minimum absolute atomic E-state index is 0.0994. The van der Waals surface area contributed by atoms with Crippen LogP contribution in [0.15, 0.2) is 73.1 Å². The smallest absolute Gasteiger partial charge is 0.255 e. The fourth-order valence-corrected chi connectivity index (χ4v) is 5.97. The molecule has 2 aliphatic heterocycles. The number of aromatic amines is 1. The maximum atomic E-state index is 14.4. The Labute approximate surface area is 230 Å². The van der Waals surface area contributed by atoms with Crippen LogP contribution < -0.4 is 0 Å². The molecule has 5 aromatic rings. The van der Waals surface area contributed by atoms with Crippen molar-refractivity contribution in [2.45, 2.75) is 31.5 Å². The first kappa shape index (κ1) is 24.5. The molecule has 1 amide bonds. The van der Waals surface area contributed by atoms with E-state index in [0.29, 0.717) is 24.0 Å². The number of amides is 1. The van der Waals surface area contributed by atoms with E-state index in [4.69, 9.17) is 4.98 Å². The Morgan fingerprint density at radius 3 is 2.70 bits per heavy atom. The molecule has 7 rings (SSSR count). The lowest BCUT2D eigenvalue weighted by Crippen LogP contribution is -2.31. The quantitative estimate of drug-likeness (QED) is 0.319. The average molecular weight is 537 g/mol. The van der Waals surface area contributed by atoms with Gasteiger partial charge in [-0.25, -0.2) is 9.37 Å². The molecule has 0 saturated carbocycles. The van der Waals surface area contributed by atoms with Gasteiger partial charge < -0.3 is 19.9 Å². The number of carbonyl (C=O) groups excluding carboxylic acids is 1. The monoisotopic (exact) mass is 536 g/mol. The molecule has 0 aliphatic carbocycles. The van der Waals surface area contributed by atoms with Crippen molar-refractivity contribution in [3.05, 3.63) is 101 Å². The number of carbonyl (C=O) groups is 1. The van der Waals surface area contributed by atoms with Gasteiger partial charge in [0.25, 0.3) is 5.91 Å². The number of halogens is 1. The van der Waals surface area contributed by atoms with E-state index in [1.54, 1.807) is 4.90 Å². The Morgan fingerprint density at radius 1 is 1.05 bits per heavy atom. The van der Waals surface area contributed by atoms with Crippen molar-refractivity contribution >= 4 is 16.9 Å². The van der Waals surface area contributed by atoms with Crippen LogP contribution in [0.2, 0.25) is 0 Å². The van der Waals surface area contributed by atoms with Gasteiger partial charge >= 0.3 is 0 Å². The van der Waals surface area contributed by atoms with E-state index < -0.39 is 11.9 Å². The van der Waals surface area contributed by atoms with Gasteiger partial charge in [-0.1, -0.05) is 24.3 Å². The van der Waals surface area contributed by atoms with Crippen LogP contribution in [-0.2, 0) is 6.54 Å². The van der Waals surface area contributed by atoms with Crippen LogP contribution in [0, 0.1) is 5.82 Å². The number of hydrogen-bond donors (Lipinski definition) is 2. The summed E-state index contributed by atoms with van der Waals surface area (Å²) in [4.78, 5) is 25.9. The van der Waals surface area contributed by atoms with Crippen molar-refractivity contribution in [2.24, 2.45) is 0 Å². The summed E-state index contributed by atoms with van der Waals surface area (Å²) >= 11 is 0. The fourth-order valence-electron chi connectivity index (χ4n) is 5.97. The molecule has 4 heterocycles. The largest absolute Gasteiger partial charge is 0.508 e. The van der Waals surface area contributed by atoms with Gasteiger partial charge in [0.15, 0.2) is 0 Å². The number of piperidine rings is 1. The molecule has 2 aliphatic rings. The Bertz CT molecular complexity index is 1700. The van der Waals surface area contributed by atoms with Crippen molar-refractivity contribution in [2.75, 3.05) is 20.1 Å². The van der Waals surface area contributed by atoms with Crippen LogP contribution in [0.3, 0.4) is 0 Å². The van der Waals surface area contributed by atoms with Crippen molar-refractivity contribution < 1.29 is 14.3 Å². The Hall–Kier alpha value is -4.50. The number of nitrogens with one attached hydrogen (secondary N) is 1. The number of H-pyrrole nitrogens is 1. The molecule has 202 valence electrons. The predicted octanol–water partition coefficient (Wildman–Crippen LogP) is 5.28. The maximum Gasteiger partial charge on any atom is 0.255 e. The number of aromatic nitrogens is 4. The molecule has 0 bridgehead atoms. The van der Waals surface area contributed by atoms with Gasteiger partial charge in [0.1, 0.15) is 23.4 Å². The van der Waals surface area contributed by atoms with Gasteiger partial charge in [-0.15, -0.1) is 0 Å². The molecule has 9 heteroatoms. The van der Waals surface area contributed by atoms with Crippen LogP contribution in [0.5, 0.6) is 5.75 Å². The molecule has 1 unspecified atom stereocenters. The van der Waals surface area contributed by atoms with E-state index >= 15 is 0 Å². The second-order valence-electron chi connectivity index (χ2n) is 10.8. The minimum atomic E-state index is -0.807. The first-order chi connectivity index (χ1) is 19.4. The zero-order valence-corrected chi connectivity index (χ0v) is 22.1. The lowest BCUT2D eigenvalue weighted by atomic mass is 10.0. The van der Waals surface area contributed by atoms with Gasteiger partial charge in [-0.3, -0.25) is 9.48 Å². The Morgan fingerprint density at radius 2 is 1.88 bits per heavy atom. The Kier molecular flexibility index (Phi) is 5.89. The van der Waals surface area contributed by atoms with E-state index in [9.17, 15) is 14.3 Å². The number of aromatic hydroxyl groups is 1. The third kappa shape index (κ3) is 4.23. The maximum absolute atomic E-state index is 14.4. The molecule has 0 radical (unpaired) electrons. The van der Waals surface area contributed by atoms with Crippen molar-refractivity contribution in [3.63, 3.8) is 0 Å². The topological polar surface area (TPSA) is 90.3 Å². The second-order valence-corrected chi connectivity index (χ2v) is 10.8. The highest BCUT2D eigenvalue weighted by molar-refractivity contribution is 6.00. The number of benzene rings is 3.